The van der Waals surface area contributed by atoms with Gasteiger partial charge in [-0.05, 0) is 48.9 Å². The predicted octanol–water partition coefficient (Wildman–Crippen LogP) is 6.61. The van der Waals surface area contributed by atoms with Crippen LogP contribution < -0.4 is 0 Å². The fourth-order valence-corrected chi connectivity index (χ4v) is 3.73. The van der Waals surface area contributed by atoms with Gasteiger partial charge in [0.15, 0.2) is 0 Å². The predicted molar refractivity (Wildman–Crippen MR) is 85.9 cm³/mol. The molecule has 0 saturated carbocycles. The van der Waals surface area contributed by atoms with Crippen LogP contribution in [0.5, 0.6) is 0 Å². The number of benzene rings is 1. The third-order valence-corrected chi connectivity index (χ3v) is 5.36. The molecule has 0 saturated heterocycles. The lowest BCUT2D eigenvalue weighted by molar-refractivity contribution is 0.445. The van der Waals surface area contributed by atoms with Crippen molar-refractivity contribution < 1.29 is 0 Å². The minimum Gasteiger partial charge on any atom is -0.0840 e. The van der Waals surface area contributed by atoms with Crippen molar-refractivity contribution in [3.05, 3.63) is 33.8 Å². The topological polar surface area (TPSA) is 0 Å². The average molecular weight is 332 g/mol. The second-order valence-corrected chi connectivity index (χ2v) is 6.56. The van der Waals surface area contributed by atoms with Gasteiger partial charge in [-0.25, -0.2) is 0 Å². The zero-order valence-corrected chi connectivity index (χ0v) is 14.2. The Hall–Kier alpha value is -0.0100. The van der Waals surface area contributed by atoms with Gasteiger partial charge in [0.25, 0.3) is 0 Å². The van der Waals surface area contributed by atoms with E-state index < -0.39 is 0 Å². The molecule has 0 nitrogen and oxygen atoms in total. The highest BCUT2D eigenvalue weighted by Crippen LogP contribution is 2.39. The standard InChI is InChI=1S/C16H24BrCl/c1-5-7-8-13(6-2)16(17)14-9-12(4)15(18)10-11(14)3/h9-10,13,16H,5-8H2,1-4H3. The van der Waals surface area contributed by atoms with Crippen LogP contribution in [0.1, 0.15) is 61.0 Å². The van der Waals surface area contributed by atoms with Crippen LogP contribution in [0.15, 0.2) is 12.1 Å². The maximum absolute atomic E-state index is 6.17. The molecule has 0 fully saturated rings. The molecule has 18 heavy (non-hydrogen) atoms. The Balaban J connectivity index is 2.94. The Morgan fingerprint density at radius 3 is 2.39 bits per heavy atom. The molecule has 2 atom stereocenters. The number of aryl methyl sites for hydroxylation is 2. The van der Waals surface area contributed by atoms with Gasteiger partial charge >= 0.3 is 0 Å². The van der Waals surface area contributed by atoms with E-state index in [2.05, 4.69) is 55.8 Å². The Kier molecular flexibility index (Phi) is 6.73. The second-order valence-electron chi connectivity index (χ2n) is 5.17. The van der Waals surface area contributed by atoms with Gasteiger partial charge in [-0.2, -0.15) is 0 Å². The van der Waals surface area contributed by atoms with E-state index in [0.717, 1.165) is 5.02 Å². The lowest BCUT2D eigenvalue weighted by atomic mass is 9.89. The van der Waals surface area contributed by atoms with Crippen molar-refractivity contribution in [2.24, 2.45) is 5.92 Å². The number of hydrogen-bond donors (Lipinski definition) is 0. The molecular formula is C16H24BrCl. The molecule has 102 valence electrons. The van der Waals surface area contributed by atoms with Crippen molar-refractivity contribution in [3.63, 3.8) is 0 Å². The van der Waals surface area contributed by atoms with Crippen LogP contribution in [0.25, 0.3) is 0 Å². The first kappa shape index (κ1) is 16.0. The molecule has 2 heteroatoms. The van der Waals surface area contributed by atoms with Crippen LogP contribution >= 0.6 is 27.5 Å². The quantitative estimate of drug-likeness (QED) is 0.514. The SMILES string of the molecule is CCCCC(CC)C(Br)c1cc(C)c(Cl)cc1C. The molecular weight excluding hydrogens is 308 g/mol. The summed E-state index contributed by atoms with van der Waals surface area (Å²) in [6.45, 7) is 8.78. The zero-order chi connectivity index (χ0) is 13.7. The van der Waals surface area contributed by atoms with E-state index in [-0.39, 0.29) is 0 Å². The van der Waals surface area contributed by atoms with Crippen molar-refractivity contribution in [2.75, 3.05) is 0 Å². The Bertz CT molecular complexity index is 387. The first-order valence-corrected chi connectivity index (χ1v) is 8.21. The van der Waals surface area contributed by atoms with Crippen molar-refractivity contribution in [3.8, 4) is 0 Å². The highest BCUT2D eigenvalue weighted by Gasteiger charge is 2.20. The summed E-state index contributed by atoms with van der Waals surface area (Å²) in [7, 11) is 0. The molecule has 0 aliphatic rings. The third kappa shape index (κ3) is 3.99. The number of unbranched alkanes of at least 4 members (excludes halogenated alkanes) is 1. The lowest BCUT2D eigenvalue weighted by Crippen LogP contribution is -2.08. The molecule has 0 bridgehead atoms. The van der Waals surface area contributed by atoms with Crippen molar-refractivity contribution in [1.29, 1.82) is 0 Å². The second kappa shape index (κ2) is 7.55. The first-order valence-electron chi connectivity index (χ1n) is 6.91. The summed E-state index contributed by atoms with van der Waals surface area (Å²) in [6, 6.07) is 4.33. The van der Waals surface area contributed by atoms with Crippen LogP contribution in [-0.2, 0) is 0 Å². The molecule has 0 N–H and O–H groups in total. The van der Waals surface area contributed by atoms with E-state index in [1.807, 2.05) is 0 Å². The van der Waals surface area contributed by atoms with E-state index >= 15 is 0 Å². The van der Waals surface area contributed by atoms with E-state index in [4.69, 9.17) is 11.6 Å². The van der Waals surface area contributed by atoms with Gasteiger partial charge in [0.05, 0.1) is 0 Å². The number of hydrogen-bond acceptors (Lipinski definition) is 0. The molecule has 0 heterocycles. The monoisotopic (exact) mass is 330 g/mol. The first-order chi connectivity index (χ1) is 8.51. The summed E-state index contributed by atoms with van der Waals surface area (Å²) < 4.78 is 0. The fraction of sp³-hybridized carbons (Fsp3) is 0.625. The Labute approximate surface area is 125 Å². The summed E-state index contributed by atoms with van der Waals surface area (Å²) >= 11 is 10.1. The molecule has 1 aromatic rings. The highest BCUT2D eigenvalue weighted by atomic mass is 79.9. The highest BCUT2D eigenvalue weighted by molar-refractivity contribution is 9.09. The maximum Gasteiger partial charge on any atom is 0.0438 e. The molecule has 1 rings (SSSR count). The van der Waals surface area contributed by atoms with Gasteiger partial charge in [-0.1, -0.05) is 66.7 Å². The van der Waals surface area contributed by atoms with E-state index in [9.17, 15) is 0 Å². The van der Waals surface area contributed by atoms with Gasteiger partial charge in [-0.3, -0.25) is 0 Å². The lowest BCUT2D eigenvalue weighted by Gasteiger charge is -2.23. The summed E-state index contributed by atoms with van der Waals surface area (Å²) in [5.74, 6) is 0.712. The van der Waals surface area contributed by atoms with Crippen molar-refractivity contribution in [1.82, 2.24) is 0 Å². The molecule has 0 spiro atoms. The number of alkyl halides is 1. The van der Waals surface area contributed by atoms with Gasteiger partial charge in [0.1, 0.15) is 0 Å². The van der Waals surface area contributed by atoms with Crippen molar-refractivity contribution in [2.45, 2.75) is 58.2 Å². The molecule has 0 aromatic heterocycles. The van der Waals surface area contributed by atoms with Crippen LogP contribution in [0.3, 0.4) is 0 Å². The molecule has 0 radical (unpaired) electrons. The van der Waals surface area contributed by atoms with Gasteiger partial charge in [0.2, 0.25) is 0 Å². The summed E-state index contributed by atoms with van der Waals surface area (Å²) in [5, 5.41) is 0.873. The zero-order valence-electron chi connectivity index (χ0n) is 11.9. The molecule has 0 aliphatic carbocycles. The minimum atomic E-state index is 0.449. The van der Waals surface area contributed by atoms with Crippen LogP contribution in [-0.4, -0.2) is 0 Å². The normalized spacial score (nSPS) is 14.6. The molecule has 1 aromatic carbocycles. The maximum atomic E-state index is 6.17. The average Bonchev–Trinajstić information content (AvgIpc) is 2.34. The van der Waals surface area contributed by atoms with Crippen LogP contribution in [0, 0.1) is 19.8 Å². The number of rotatable bonds is 6. The van der Waals surface area contributed by atoms with E-state index in [1.165, 1.54) is 42.4 Å². The molecule has 0 amide bonds. The van der Waals surface area contributed by atoms with E-state index in [0.29, 0.717) is 10.7 Å². The summed E-state index contributed by atoms with van der Waals surface area (Å²) in [6.07, 6.45) is 5.10. The minimum absolute atomic E-state index is 0.449. The van der Waals surface area contributed by atoms with Crippen LogP contribution in [0.2, 0.25) is 5.02 Å². The largest absolute Gasteiger partial charge is 0.0840 e. The van der Waals surface area contributed by atoms with Crippen molar-refractivity contribution >= 4 is 27.5 Å². The number of halogens is 2. The smallest absolute Gasteiger partial charge is 0.0438 e. The summed E-state index contributed by atoms with van der Waals surface area (Å²) in [4.78, 5) is 0.449. The Morgan fingerprint density at radius 1 is 1.17 bits per heavy atom. The third-order valence-electron chi connectivity index (χ3n) is 3.71. The molecule has 0 aliphatic heterocycles. The summed E-state index contributed by atoms with van der Waals surface area (Å²) in [5.41, 5.74) is 3.87. The van der Waals surface area contributed by atoms with E-state index in [1.54, 1.807) is 0 Å². The van der Waals surface area contributed by atoms with Crippen LogP contribution in [0.4, 0.5) is 0 Å². The molecule has 2 unspecified atom stereocenters. The van der Waals surface area contributed by atoms with Gasteiger partial charge in [0, 0.05) is 9.85 Å². The van der Waals surface area contributed by atoms with Gasteiger partial charge in [-0.15, -0.1) is 0 Å². The Morgan fingerprint density at radius 2 is 1.83 bits per heavy atom. The fourth-order valence-electron chi connectivity index (χ4n) is 2.38. The van der Waals surface area contributed by atoms with Gasteiger partial charge < -0.3 is 0 Å².